The molecule has 24 heavy (non-hydrogen) atoms. The molecule has 0 aromatic heterocycles. The molecule has 0 fully saturated rings. The monoisotopic (exact) mass is 310 g/mol. The maximum atomic E-state index is 10.5. The van der Waals surface area contributed by atoms with Gasteiger partial charge in [0, 0.05) is 10.8 Å². The molecule has 0 saturated heterocycles. The van der Waals surface area contributed by atoms with Crippen LogP contribution in [0.25, 0.3) is 21.9 Å². The summed E-state index contributed by atoms with van der Waals surface area (Å²) in [6.45, 7) is 4.21. The maximum absolute atomic E-state index is 10.5. The maximum Gasteiger partial charge on any atom is 0.123 e. The van der Waals surface area contributed by atoms with E-state index in [4.69, 9.17) is 5.26 Å². The summed E-state index contributed by atoms with van der Waals surface area (Å²) in [6.07, 6.45) is 0. The lowest BCUT2D eigenvalue weighted by Gasteiger charge is -2.22. The third-order valence-corrected chi connectivity index (χ3v) is 5.01. The van der Waals surface area contributed by atoms with Crippen molar-refractivity contribution < 1.29 is 5.11 Å². The Balaban J connectivity index is 2.16. The first-order valence-corrected chi connectivity index (χ1v) is 7.72. The molecular formula is C21H14N2O. The van der Waals surface area contributed by atoms with Gasteiger partial charge in [0.05, 0.1) is 23.3 Å². The van der Waals surface area contributed by atoms with E-state index in [0.29, 0.717) is 16.5 Å². The van der Waals surface area contributed by atoms with Crippen molar-refractivity contribution in [2.45, 2.75) is 19.3 Å². The standard InChI is InChI=1S/C21H14N2O/c1-21(2)17-8-13(11-23)4-6-15(17)20-14-5-3-12(10-22)7-16(14)19(24)9-18(20)21/h3-9,24H,1-2H3. The number of nitriles is 2. The molecule has 0 saturated carbocycles. The van der Waals surface area contributed by atoms with Crippen LogP contribution >= 0.6 is 0 Å². The number of rotatable bonds is 0. The Morgan fingerprint density at radius 1 is 0.833 bits per heavy atom. The second-order valence-corrected chi connectivity index (χ2v) is 6.69. The predicted octanol–water partition coefficient (Wildman–Crippen LogP) is 4.60. The van der Waals surface area contributed by atoms with Crippen LogP contribution in [0, 0.1) is 22.7 Å². The van der Waals surface area contributed by atoms with E-state index < -0.39 is 0 Å². The summed E-state index contributed by atoms with van der Waals surface area (Å²) < 4.78 is 0. The van der Waals surface area contributed by atoms with E-state index in [1.54, 1.807) is 18.2 Å². The van der Waals surface area contributed by atoms with Crippen molar-refractivity contribution in [3.8, 4) is 29.0 Å². The lowest BCUT2D eigenvalue weighted by atomic mass is 9.81. The normalized spacial score (nSPS) is 13.8. The third kappa shape index (κ3) is 1.70. The summed E-state index contributed by atoms with van der Waals surface area (Å²) in [4.78, 5) is 0. The number of aromatic hydroxyl groups is 1. The zero-order valence-electron chi connectivity index (χ0n) is 13.4. The molecule has 0 unspecified atom stereocenters. The van der Waals surface area contributed by atoms with E-state index >= 15 is 0 Å². The van der Waals surface area contributed by atoms with Crippen LogP contribution in [-0.4, -0.2) is 5.11 Å². The van der Waals surface area contributed by atoms with Crippen LogP contribution in [0.2, 0.25) is 0 Å². The number of hydrogen-bond acceptors (Lipinski definition) is 3. The molecular weight excluding hydrogens is 296 g/mol. The molecule has 3 nitrogen and oxygen atoms in total. The van der Waals surface area contributed by atoms with Gasteiger partial charge >= 0.3 is 0 Å². The van der Waals surface area contributed by atoms with E-state index in [9.17, 15) is 10.4 Å². The second-order valence-electron chi connectivity index (χ2n) is 6.69. The van der Waals surface area contributed by atoms with Crippen LogP contribution in [0.4, 0.5) is 0 Å². The molecule has 0 bridgehead atoms. The molecule has 0 radical (unpaired) electrons. The average molecular weight is 310 g/mol. The van der Waals surface area contributed by atoms with Crippen molar-refractivity contribution in [3.05, 3.63) is 64.7 Å². The first-order chi connectivity index (χ1) is 11.5. The molecule has 4 rings (SSSR count). The Hall–Kier alpha value is -3.30. The highest BCUT2D eigenvalue weighted by atomic mass is 16.3. The quantitative estimate of drug-likeness (QED) is 0.660. The zero-order valence-corrected chi connectivity index (χ0v) is 13.4. The minimum absolute atomic E-state index is 0.183. The molecule has 1 aliphatic carbocycles. The molecule has 0 aliphatic heterocycles. The third-order valence-electron chi connectivity index (χ3n) is 5.01. The Bertz CT molecular complexity index is 1110. The Kier molecular flexibility index (Phi) is 2.74. The Morgan fingerprint density at radius 3 is 2.21 bits per heavy atom. The van der Waals surface area contributed by atoms with Gasteiger partial charge in [-0.15, -0.1) is 0 Å². The molecule has 3 heteroatoms. The largest absolute Gasteiger partial charge is 0.507 e. The number of nitrogens with zero attached hydrogens (tertiary/aromatic N) is 2. The van der Waals surface area contributed by atoms with E-state index in [1.807, 2.05) is 24.3 Å². The van der Waals surface area contributed by atoms with Gasteiger partial charge < -0.3 is 5.11 Å². The minimum Gasteiger partial charge on any atom is -0.507 e. The van der Waals surface area contributed by atoms with Crippen molar-refractivity contribution in [2.75, 3.05) is 0 Å². The van der Waals surface area contributed by atoms with E-state index in [2.05, 4.69) is 26.0 Å². The SMILES string of the molecule is CC1(C)c2cc(C#N)ccc2-c2c1cc(O)c1cc(C#N)ccc21. The van der Waals surface area contributed by atoms with Crippen molar-refractivity contribution in [1.29, 1.82) is 10.5 Å². The number of phenols is 1. The molecule has 114 valence electrons. The van der Waals surface area contributed by atoms with Gasteiger partial charge in [-0.05, 0) is 58.0 Å². The van der Waals surface area contributed by atoms with Crippen LogP contribution in [0.3, 0.4) is 0 Å². The lowest BCUT2D eigenvalue weighted by molar-refractivity contribution is 0.479. The number of hydrogen-bond donors (Lipinski definition) is 1. The van der Waals surface area contributed by atoms with Crippen molar-refractivity contribution in [1.82, 2.24) is 0 Å². The van der Waals surface area contributed by atoms with Gasteiger partial charge in [0.25, 0.3) is 0 Å². The van der Waals surface area contributed by atoms with Crippen molar-refractivity contribution >= 4 is 10.8 Å². The fourth-order valence-electron chi connectivity index (χ4n) is 3.75. The molecule has 0 heterocycles. The molecule has 3 aromatic carbocycles. The summed E-state index contributed by atoms with van der Waals surface area (Å²) >= 11 is 0. The highest BCUT2D eigenvalue weighted by Crippen LogP contribution is 2.53. The van der Waals surface area contributed by atoms with Crippen LogP contribution in [0.15, 0.2) is 42.5 Å². The number of benzene rings is 3. The van der Waals surface area contributed by atoms with Gasteiger partial charge in [-0.1, -0.05) is 26.0 Å². The molecule has 3 aromatic rings. The van der Waals surface area contributed by atoms with Crippen molar-refractivity contribution in [2.24, 2.45) is 0 Å². The zero-order chi connectivity index (χ0) is 17.1. The van der Waals surface area contributed by atoms with E-state index in [-0.39, 0.29) is 11.2 Å². The average Bonchev–Trinajstić information content (AvgIpc) is 2.82. The summed E-state index contributed by atoms with van der Waals surface area (Å²) in [5.74, 6) is 0.183. The fraction of sp³-hybridized carbons (Fsp3) is 0.143. The minimum atomic E-state index is -0.295. The van der Waals surface area contributed by atoms with Gasteiger partial charge in [-0.2, -0.15) is 10.5 Å². The fourth-order valence-corrected chi connectivity index (χ4v) is 3.75. The highest BCUT2D eigenvalue weighted by Gasteiger charge is 2.37. The summed E-state index contributed by atoms with van der Waals surface area (Å²) in [5.41, 5.74) is 5.16. The smallest absolute Gasteiger partial charge is 0.123 e. The van der Waals surface area contributed by atoms with Crippen LogP contribution < -0.4 is 0 Å². The van der Waals surface area contributed by atoms with E-state index in [1.165, 1.54) is 0 Å². The first-order valence-electron chi connectivity index (χ1n) is 7.72. The van der Waals surface area contributed by atoms with Gasteiger partial charge in [0.15, 0.2) is 0 Å². The molecule has 0 atom stereocenters. The lowest BCUT2D eigenvalue weighted by Crippen LogP contribution is -2.15. The summed E-state index contributed by atoms with van der Waals surface area (Å²) in [6, 6.07) is 17.2. The number of phenolic OH excluding ortho intramolecular Hbond substituents is 1. The van der Waals surface area contributed by atoms with Gasteiger partial charge in [0.2, 0.25) is 0 Å². The molecule has 0 spiro atoms. The second kappa shape index (κ2) is 4.60. The first kappa shape index (κ1) is 14.3. The van der Waals surface area contributed by atoms with Crippen LogP contribution in [0.1, 0.15) is 36.1 Å². The Labute approximate surface area is 140 Å². The highest BCUT2D eigenvalue weighted by molar-refractivity contribution is 6.05. The summed E-state index contributed by atoms with van der Waals surface area (Å²) in [5, 5.41) is 30.4. The summed E-state index contributed by atoms with van der Waals surface area (Å²) in [7, 11) is 0. The Morgan fingerprint density at radius 2 is 1.50 bits per heavy atom. The molecule has 1 aliphatic rings. The predicted molar refractivity (Wildman–Crippen MR) is 92.6 cm³/mol. The van der Waals surface area contributed by atoms with Gasteiger partial charge in [-0.25, -0.2) is 0 Å². The van der Waals surface area contributed by atoms with Crippen LogP contribution in [0.5, 0.6) is 5.75 Å². The van der Waals surface area contributed by atoms with Crippen LogP contribution in [-0.2, 0) is 5.41 Å². The topological polar surface area (TPSA) is 67.8 Å². The molecule has 1 N–H and O–H groups in total. The molecule has 0 amide bonds. The van der Waals surface area contributed by atoms with Gasteiger partial charge in [-0.3, -0.25) is 0 Å². The number of fused-ring (bicyclic) bond motifs is 5. The van der Waals surface area contributed by atoms with E-state index in [0.717, 1.165) is 27.6 Å². The van der Waals surface area contributed by atoms with Gasteiger partial charge in [0.1, 0.15) is 5.75 Å². The van der Waals surface area contributed by atoms with Crippen molar-refractivity contribution in [3.63, 3.8) is 0 Å².